The second-order valence-electron chi connectivity index (χ2n) is 6.00. The van der Waals surface area contributed by atoms with E-state index >= 15 is 0 Å². The second kappa shape index (κ2) is 9.30. The number of carboxylic acid groups (broad SMARTS) is 1. The van der Waals surface area contributed by atoms with Crippen molar-refractivity contribution in [3.8, 4) is 0 Å². The van der Waals surface area contributed by atoms with Gasteiger partial charge in [-0.2, -0.15) is 0 Å². The number of nitrogens with zero attached hydrogens (tertiary/aromatic N) is 1. The van der Waals surface area contributed by atoms with Gasteiger partial charge in [0, 0.05) is 13.6 Å². The number of nitrogens with one attached hydrogen (secondary N) is 1. The van der Waals surface area contributed by atoms with Crippen molar-refractivity contribution in [3.63, 3.8) is 0 Å². The number of aliphatic carboxylic acids is 1. The van der Waals surface area contributed by atoms with Crippen LogP contribution in [0.2, 0.25) is 0 Å². The number of hydrogen-bond acceptors (Lipinski definition) is 3. The van der Waals surface area contributed by atoms with Crippen molar-refractivity contribution in [2.45, 2.75) is 46.2 Å². The summed E-state index contributed by atoms with van der Waals surface area (Å²) >= 11 is 0. The summed E-state index contributed by atoms with van der Waals surface area (Å²) in [7, 11) is 1.73. The topological polar surface area (TPSA) is 69.6 Å². The average molecular weight is 320 g/mol. The Kier molecular flexibility index (Phi) is 7.75. The number of aryl methyl sites for hydroxylation is 1. The molecule has 23 heavy (non-hydrogen) atoms. The van der Waals surface area contributed by atoms with Crippen LogP contribution >= 0.6 is 0 Å². The van der Waals surface area contributed by atoms with Gasteiger partial charge in [0.25, 0.3) is 0 Å². The molecule has 0 aromatic heterocycles. The normalized spacial score (nSPS) is 13.4. The van der Waals surface area contributed by atoms with Gasteiger partial charge in [-0.25, -0.2) is 0 Å². The Labute approximate surface area is 138 Å². The van der Waals surface area contributed by atoms with Gasteiger partial charge in [0.2, 0.25) is 5.91 Å². The third-order valence-corrected chi connectivity index (χ3v) is 4.23. The quantitative estimate of drug-likeness (QED) is 0.732. The highest BCUT2D eigenvalue weighted by Crippen LogP contribution is 2.09. The summed E-state index contributed by atoms with van der Waals surface area (Å²) in [5.41, 5.74) is 2.33. The molecular weight excluding hydrogens is 292 g/mol. The van der Waals surface area contributed by atoms with Crippen LogP contribution in [0.5, 0.6) is 0 Å². The molecule has 0 saturated carbocycles. The summed E-state index contributed by atoms with van der Waals surface area (Å²) in [5, 5.41) is 12.1. The van der Waals surface area contributed by atoms with Crippen LogP contribution in [0.4, 0.5) is 0 Å². The first-order valence-corrected chi connectivity index (χ1v) is 8.16. The lowest BCUT2D eigenvalue weighted by molar-refractivity contribution is -0.141. The standard InChI is InChI=1S/C18H28N2O3/c1-5-13(3)17(18(22)23)19-11-16(21)20(4)12-15-9-7-14(6-2)8-10-15/h7-10,13,17,19H,5-6,11-12H2,1-4H3,(H,22,23)/t13-,17-/m0/s1. The number of benzene rings is 1. The first kappa shape index (κ1) is 19.2. The lowest BCUT2D eigenvalue weighted by Gasteiger charge is -2.22. The first-order valence-electron chi connectivity index (χ1n) is 8.16. The molecule has 0 fully saturated rings. The summed E-state index contributed by atoms with van der Waals surface area (Å²) in [5.74, 6) is -1.05. The summed E-state index contributed by atoms with van der Waals surface area (Å²) < 4.78 is 0. The van der Waals surface area contributed by atoms with E-state index < -0.39 is 12.0 Å². The Morgan fingerprint density at radius 1 is 1.17 bits per heavy atom. The molecule has 2 N–H and O–H groups in total. The van der Waals surface area contributed by atoms with E-state index in [4.69, 9.17) is 0 Å². The van der Waals surface area contributed by atoms with Gasteiger partial charge in [-0.1, -0.05) is 51.5 Å². The molecule has 1 amide bonds. The molecule has 2 atom stereocenters. The van der Waals surface area contributed by atoms with Crippen LogP contribution < -0.4 is 5.32 Å². The second-order valence-corrected chi connectivity index (χ2v) is 6.00. The fourth-order valence-corrected chi connectivity index (χ4v) is 2.34. The smallest absolute Gasteiger partial charge is 0.320 e. The van der Waals surface area contributed by atoms with Crippen LogP contribution in [-0.2, 0) is 22.6 Å². The Morgan fingerprint density at radius 3 is 2.22 bits per heavy atom. The predicted octanol–water partition coefficient (Wildman–Crippen LogP) is 2.30. The fourth-order valence-electron chi connectivity index (χ4n) is 2.34. The number of rotatable bonds is 9. The molecule has 1 aromatic carbocycles. The molecule has 1 aromatic rings. The van der Waals surface area contributed by atoms with E-state index in [9.17, 15) is 14.7 Å². The molecule has 0 radical (unpaired) electrons. The van der Waals surface area contributed by atoms with Gasteiger partial charge in [-0.05, 0) is 23.5 Å². The van der Waals surface area contributed by atoms with E-state index in [0.717, 1.165) is 18.4 Å². The molecule has 128 valence electrons. The highest BCUT2D eigenvalue weighted by atomic mass is 16.4. The van der Waals surface area contributed by atoms with Crippen molar-refractivity contribution in [3.05, 3.63) is 35.4 Å². The number of amides is 1. The molecule has 5 heteroatoms. The third-order valence-electron chi connectivity index (χ3n) is 4.23. The molecule has 0 aliphatic carbocycles. The van der Waals surface area contributed by atoms with Crippen LogP contribution in [0.25, 0.3) is 0 Å². The highest BCUT2D eigenvalue weighted by molar-refractivity contribution is 5.80. The molecule has 0 aliphatic heterocycles. The van der Waals surface area contributed by atoms with Gasteiger partial charge >= 0.3 is 5.97 Å². The zero-order valence-electron chi connectivity index (χ0n) is 14.5. The minimum absolute atomic E-state index is 0.0211. The van der Waals surface area contributed by atoms with Gasteiger partial charge in [0.1, 0.15) is 6.04 Å². The Hall–Kier alpha value is -1.88. The maximum atomic E-state index is 12.2. The van der Waals surface area contributed by atoms with Gasteiger partial charge in [0.05, 0.1) is 6.54 Å². The fraction of sp³-hybridized carbons (Fsp3) is 0.556. The molecular formula is C18H28N2O3. The van der Waals surface area contributed by atoms with Crippen LogP contribution in [0.1, 0.15) is 38.3 Å². The van der Waals surface area contributed by atoms with Gasteiger partial charge in [-0.15, -0.1) is 0 Å². The van der Waals surface area contributed by atoms with E-state index in [2.05, 4.69) is 24.4 Å². The third kappa shape index (κ3) is 6.02. The maximum Gasteiger partial charge on any atom is 0.320 e. The average Bonchev–Trinajstić information content (AvgIpc) is 2.54. The number of likely N-dealkylation sites (N-methyl/N-ethyl adjacent to an activating group) is 1. The highest BCUT2D eigenvalue weighted by Gasteiger charge is 2.24. The van der Waals surface area contributed by atoms with Crippen LogP contribution in [0.15, 0.2) is 24.3 Å². The molecule has 1 rings (SSSR count). The van der Waals surface area contributed by atoms with E-state index in [1.807, 2.05) is 26.0 Å². The molecule has 0 unspecified atom stereocenters. The van der Waals surface area contributed by atoms with Crippen molar-refractivity contribution in [2.24, 2.45) is 5.92 Å². The largest absolute Gasteiger partial charge is 0.480 e. The minimum Gasteiger partial charge on any atom is -0.480 e. The molecule has 5 nitrogen and oxygen atoms in total. The zero-order valence-corrected chi connectivity index (χ0v) is 14.5. The van der Waals surface area contributed by atoms with E-state index in [0.29, 0.717) is 6.54 Å². The number of carboxylic acids is 1. The van der Waals surface area contributed by atoms with Gasteiger partial charge < -0.3 is 10.0 Å². The molecule has 0 heterocycles. The van der Waals surface area contributed by atoms with Crippen molar-refractivity contribution >= 4 is 11.9 Å². The SMILES string of the molecule is CCc1ccc(CN(C)C(=O)CN[C@H](C(=O)O)[C@@H](C)CC)cc1. The number of carbonyl (C=O) groups excluding carboxylic acids is 1. The molecule has 0 aliphatic rings. The zero-order chi connectivity index (χ0) is 17.4. The summed E-state index contributed by atoms with van der Waals surface area (Å²) in [4.78, 5) is 25.0. The lowest BCUT2D eigenvalue weighted by atomic mass is 9.99. The van der Waals surface area contributed by atoms with Crippen LogP contribution in [0, 0.1) is 5.92 Å². The van der Waals surface area contributed by atoms with Crippen LogP contribution in [0.3, 0.4) is 0 Å². The van der Waals surface area contributed by atoms with Gasteiger partial charge in [0.15, 0.2) is 0 Å². The van der Waals surface area contributed by atoms with Crippen molar-refractivity contribution < 1.29 is 14.7 Å². The van der Waals surface area contributed by atoms with E-state index in [-0.39, 0.29) is 18.4 Å². The monoisotopic (exact) mass is 320 g/mol. The molecule has 0 bridgehead atoms. The van der Waals surface area contributed by atoms with Crippen LogP contribution in [-0.4, -0.2) is 41.5 Å². The summed E-state index contributed by atoms with van der Waals surface area (Å²) in [6.07, 6.45) is 1.74. The van der Waals surface area contributed by atoms with E-state index in [1.54, 1.807) is 11.9 Å². The Bertz CT molecular complexity index is 514. The van der Waals surface area contributed by atoms with E-state index in [1.165, 1.54) is 5.56 Å². The predicted molar refractivity (Wildman–Crippen MR) is 91.2 cm³/mol. The summed E-state index contributed by atoms with van der Waals surface area (Å²) in [6.45, 7) is 6.47. The van der Waals surface area contributed by atoms with Crippen molar-refractivity contribution in [2.75, 3.05) is 13.6 Å². The molecule has 0 saturated heterocycles. The Morgan fingerprint density at radius 2 is 1.74 bits per heavy atom. The number of carbonyl (C=O) groups is 2. The van der Waals surface area contributed by atoms with Crippen molar-refractivity contribution in [1.29, 1.82) is 0 Å². The first-order chi connectivity index (χ1) is 10.9. The lowest BCUT2D eigenvalue weighted by Crippen LogP contribution is -2.46. The van der Waals surface area contributed by atoms with Crippen molar-refractivity contribution in [1.82, 2.24) is 10.2 Å². The number of hydrogen-bond donors (Lipinski definition) is 2. The maximum absolute atomic E-state index is 12.2. The molecule has 0 spiro atoms. The minimum atomic E-state index is -0.912. The Balaban J connectivity index is 2.53. The van der Waals surface area contributed by atoms with Gasteiger partial charge in [-0.3, -0.25) is 14.9 Å². The summed E-state index contributed by atoms with van der Waals surface area (Å²) in [6, 6.07) is 7.48.